The lowest BCUT2D eigenvalue weighted by Gasteiger charge is -2.28. The van der Waals surface area contributed by atoms with E-state index in [0.717, 1.165) is 16.9 Å². The van der Waals surface area contributed by atoms with Crippen molar-refractivity contribution < 1.29 is 9.59 Å². The van der Waals surface area contributed by atoms with Crippen LogP contribution in [0, 0.1) is 0 Å². The fourth-order valence-electron chi connectivity index (χ4n) is 3.37. The van der Waals surface area contributed by atoms with E-state index in [1.165, 1.54) is 4.90 Å². The lowest BCUT2D eigenvalue weighted by atomic mass is 9.95. The highest BCUT2D eigenvalue weighted by atomic mass is 16.2. The minimum Gasteiger partial charge on any atom is -0.341 e. The quantitative estimate of drug-likeness (QED) is 0.810. The number of pyridine rings is 1. The average Bonchev–Trinajstić information content (AvgIpc) is 2.85. The Morgan fingerprint density at radius 1 is 1.12 bits per heavy atom. The largest absolute Gasteiger partial charge is 0.341 e. The molecule has 6 heteroatoms. The lowest BCUT2D eigenvalue weighted by Crippen LogP contribution is -2.41. The first-order valence-electron chi connectivity index (χ1n) is 7.96. The zero-order valence-electron chi connectivity index (χ0n) is 13.4. The Hall–Kier alpha value is -2.89. The van der Waals surface area contributed by atoms with Crippen LogP contribution >= 0.6 is 0 Å². The van der Waals surface area contributed by atoms with Crippen LogP contribution in [0.5, 0.6) is 0 Å². The zero-order chi connectivity index (χ0) is 16.7. The predicted octanol–water partition coefficient (Wildman–Crippen LogP) is 1.86. The van der Waals surface area contributed by atoms with Gasteiger partial charge in [0, 0.05) is 26.2 Å². The van der Waals surface area contributed by atoms with Gasteiger partial charge in [-0.15, -0.1) is 0 Å². The number of amides is 3. The second-order valence-electron chi connectivity index (χ2n) is 6.19. The maximum absolute atomic E-state index is 12.7. The highest BCUT2D eigenvalue weighted by Crippen LogP contribution is 2.30. The van der Waals surface area contributed by atoms with Crippen LogP contribution in [0.4, 0.5) is 10.6 Å². The molecule has 6 nitrogen and oxygen atoms in total. The van der Waals surface area contributed by atoms with E-state index in [4.69, 9.17) is 0 Å². The van der Waals surface area contributed by atoms with Crippen LogP contribution in [0.15, 0.2) is 48.7 Å². The van der Waals surface area contributed by atoms with Gasteiger partial charge in [-0.1, -0.05) is 30.3 Å². The van der Waals surface area contributed by atoms with Gasteiger partial charge in [0.25, 0.3) is 5.91 Å². The normalized spacial score (nSPS) is 19.3. The number of imide groups is 1. The topological polar surface area (TPSA) is 56.8 Å². The Bertz CT molecular complexity index is 750. The molecule has 0 unspecified atom stereocenters. The van der Waals surface area contributed by atoms with Gasteiger partial charge in [-0.25, -0.2) is 14.7 Å². The van der Waals surface area contributed by atoms with Crippen molar-refractivity contribution in [2.45, 2.75) is 19.0 Å². The first-order chi connectivity index (χ1) is 11.6. The van der Waals surface area contributed by atoms with E-state index in [1.54, 1.807) is 16.0 Å². The number of aromatic nitrogens is 1. The van der Waals surface area contributed by atoms with Crippen molar-refractivity contribution in [3.63, 3.8) is 0 Å². The summed E-state index contributed by atoms with van der Waals surface area (Å²) in [5.74, 6) is 0.601. The van der Waals surface area contributed by atoms with Gasteiger partial charge < -0.3 is 9.80 Å². The summed E-state index contributed by atoms with van der Waals surface area (Å²) in [4.78, 5) is 34.5. The Labute approximate surface area is 140 Å². The third-order valence-corrected chi connectivity index (χ3v) is 4.67. The first-order valence-corrected chi connectivity index (χ1v) is 7.96. The minimum atomic E-state index is -0.385. The molecular formula is C18H18N4O2. The summed E-state index contributed by atoms with van der Waals surface area (Å²) in [6, 6.07) is 13.0. The molecule has 0 bridgehead atoms. The third-order valence-electron chi connectivity index (χ3n) is 4.67. The van der Waals surface area contributed by atoms with Crippen molar-refractivity contribution in [1.29, 1.82) is 0 Å². The van der Waals surface area contributed by atoms with Crippen LogP contribution in [0.2, 0.25) is 0 Å². The summed E-state index contributed by atoms with van der Waals surface area (Å²) < 4.78 is 0. The van der Waals surface area contributed by atoms with Crippen LogP contribution < -0.4 is 4.90 Å². The SMILES string of the molecule is CN(CN1C(=O)[C@@H]2Cc3ccccc3CN2C1=O)c1ccccn1. The van der Waals surface area contributed by atoms with Crippen molar-refractivity contribution in [3.05, 3.63) is 59.8 Å². The molecule has 4 rings (SSSR count). The number of carbonyl (C=O) groups excluding carboxylic acids is 2. The molecule has 3 amide bonds. The standard InChI is InChI=1S/C18H18N4O2/c1-20(16-8-4-5-9-19-16)12-22-17(23)15-10-13-6-2-3-7-14(13)11-21(15)18(22)24/h2-9,15H,10-12H2,1H3/t15-/m0/s1. The van der Waals surface area contributed by atoms with Crippen molar-refractivity contribution in [1.82, 2.24) is 14.8 Å². The van der Waals surface area contributed by atoms with Crippen LogP contribution in [0.3, 0.4) is 0 Å². The molecule has 24 heavy (non-hydrogen) atoms. The molecule has 122 valence electrons. The van der Waals surface area contributed by atoms with E-state index in [9.17, 15) is 9.59 Å². The maximum Gasteiger partial charge on any atom is 0.329 e. The number of urea groups is 1. The third kappa shape index (κ3) is 2.31. The van der Waals surface area contributed by atoms with Crippen LogP contribution in [-0.2, 0) is 17.8 Å². The molecule has 0 aliphatic carbocycles. The zero-order valence-corrected chi connectivity index (χ0v) is 13.4. The summed E-state index contributed by atoms with van der Waals surface area (Å²) in [5.41, 5.74) is 2.27. The van der Waals surface area contributed by atoms with Gasteiger partial charge in [-0.3, -0.25) is 4.79 Å². The van der Waals surface area contributed by atoms with E-state index in [-0.39, 0.29) is 24.6 Å². The second-order valence-corrected chi connectivity index (χ2v) is 6.19. The number of benzene rings is 1. The number of nitrogens with zero attached hydrogens (tertiary/aromatic N) is 4. The van der Waals surface area contributed by atoms with Gasteiger partial charge in [-0.05, 0) is 23.3 Å². The molecule has 2 aliphatic rings. The number of fused-ring (bicyclic) bond motifs is 2. The fourth-order valence-corrected chi connectivity index (χ4v) is 3.37. The summed E-state index contributed by atoms with van der Waals surface area (Å²) in [6.45, 7) is 0.702. The molecule has 1 aromatic heterocycles. The number of hydrogen-bond donors (Lipinski definition) is 0. The highest BCUT2D eigenvalue weighted by molar-refractivity contribution is 6.04. The van der Waals surface area contributed by atoms with E-state index in [2.05, 4.69) is 4.98 Å². The van der Waals surface area contributed by atoms with Gasteiger partial charge in [0.2, 0.25) is 0 Å². The van der Waals surface area contributed by atoms with E-state index in [0.29, 0.717) is 13.0 Å². The molecular weight excluding hydrogens is 304 g/mol. The van der Waals surface area contributed by atoms with E-state index < -0.39 is 0 Å². The van der Waals surface area contributed by atoms with Gasteiger partial charge in [0.05, 0.1) is 0 Å². The van der Waals surface area contributed by atoms with Crippen molar-refractivity contribution in [3.8, 4) is 0 Å². The second kappa shape index (κ2) is 5.63. The lowest BCUT2D eigenvalue weighted by molar-refractivity contribution is -0.128. The molecule has 1 saturated heterocycles. The molecule has 3 heterocycles. The molecule has 0 spiro atoms. The van der Waals surface area contributed by atoms with Crippen LogP contribution in [0.1, 0.15) is 11.1 Å². The van der Waals surface area contributed by atoms with Gasteiger partial charge >= 0.3 is 6.03 Å². The molecule has 2 aliphatic heterocycles. The fraction of sp³-hybridized carbons (Fsp3) is 0.278. The molecule has 1 aromatic carbocycles. The average molecular weight is 322 g/mol. The first kappa shape index (κ1) is 14.7. The van der Waals surface area contributed by atoms with E-state index in [1.807, 2.05) is 49.5 Å². The molecule has 0 N–H and O–H groups in total. The predicted molar refractivity (Wildman–Crippen MR) is 89.2 cm³/mol. The molecule has 1 fully saturated rings. The van der Waals surface area contributed by atoms with Crippen molar-refractivity contribution in [2.24, 2.45) is 0 Å². The Morgan fingerprint density at radius 3 is 2.62 bits per heavy atom. The molecule has 1 atom stereocenters. The van der Waals surface area contributed by atoms with Crippen LogP contribution in [0.25, 0.3) is 0 Å². The van der Waals surface area contributed by atoms with Gasteiger partial charge in [0.15, 0.2) is 0 Å². The van der Waals surface area contributed by atoms with Gasteiger partial charge in [-0.2, -0.15) is 0 Å². The van der Waals surface area contributed by atoms with Crippen molar-refractivity contribution in [2.75, 3.05) is 18.6 Å². The molecule has 0 saturated carbocycles. The number of rotatable bonds is 3. The smallest absolute Gasteiger partial charge is 0.329 e. The number of hydrogen-bond acceptors (Lipinski definition) is 4. The molecule has 0 radical (unpaired) electrons. The Morgan fingerprint density at radius 2 is 1.88 bits per heavy atom. The highest BCUT2D eigenvalue weighted by Gasteiger charge is 2.47. The summed E-state index contributed by atoms with van der Waals surface area (Å²) in [7, 11) is 1.83. The van der Waals surface area contributed by atoms with Gasteiger partial charge in [0.1, 0.15) is 18.5 Å². The Balaban J connectivity index is 1.55. The molecule has 2 aromatic rings. The summed E-state index contributed by atoms with van der Waals surface area (Å²) in [5, 5.41) is 0. The number of carbonyl (C=O) groups is 2. The monoisotopic (exact) mass is 322 g/mol. The summed E-state index contributed by atoms with van der Waals surface area (Å²) in [6.07, 6.45) is 2.28. The van der Waals surface area contributed by atoms with Crippen molar-refractivity contribution >= 4 is 17.8 Å². The van der Waals surface area contributed by atoms with Crippen LogP contribution in [-0.4, -0.2) is 46.5 Å². The maximum atomic E-state index is 12.7. The number of anilines is 1. The minimum absolute atomic E-state index is 0.128. The van der Waals surface area contributed by atoms with E-state index >= 15 is 0 Å². The Kier molecular flexibility index (Phi) is 3.45. The summed E-state index contributed by atoms with van der Waals surface area (Å²) >= 11 is 0.